The lowest BCUT2D eigenvalue weighted by atomic mass is 9.90. The van der Waals surface area contributed by atoms with Crippen LogP contribution in [0.4, 0.5) is 14.5 Å². The molecular weight excluding hydrogens is 510 g/mol. The highest BCUT2D eigenvalue weighted by Gasteiger charge is 2.37. The first-order chi connectivity index (χ1) is 19.2. The summed E-state index contributed by atoms with van der Waals surface area (Å²) < 4.78 is 29.1. The molecule has 0 amide bonds. The van der Waals surface area contributed by atoms with Gasteiger partial charge in [0.1, 0.15) is 40.5 Å². The minimum absolute atomic E-state index is 0.0119. The van der Waals surface area contributed by atoms with Crippen molar-refractivity contribution in [2.75, 3.05) is 24.5 Å². The second kappa shape index (κ2) is 10.9. The van der Waals surface area contributed by atoms with E-state index in [-0.39, 0.29) is 40.9 Å². The normalized spacial score (nSPS) is 15.9. The molecule has 1 saturated heterocycles. The molecule has 5 rings (SSSR count). The van der Waals surface area contributed by atoms with E-state index in [1.807, 2.05) is 4.90 Å². The molecule has 0 aliphatic carbocycles. The van der Waals surface area contributed by atoms with Crippen molar-refractivity contribution in [3.05, 3.63) is 105 Å². The topological polar surface area (TPSA) is 88.9 Å². The van der Waals surface area contributed by atoms with Crippen LogP contribution in [-0.4, -0.2) is 40.1 Å². The molecule has 1 aliphatic rings. The number of nitriles is 2. The summed E-state index contributed by atoms with van der Waals surface area (Å²) in [5, 5.41) is 19.5. The molecule has 0 saturated carbocycles. The Hall–Kier alpha value is -4.60. The second-order valence-electron chi connectivity index (χ2n) is 10.4. The maximum atomic E-state index is 13.9. The Bertz CT molecular complexity index is 1660. The van der Waals surface area contributed by atoms with Crippen molar-refractivity contribution < 1.29 is 8.78 Å². The Morgan fingerprint density at radius 1 is 0.900 bits per heavy atom. The summed E-state index contributed by atoms with van der Waals surface area (Å²) in [6.45, 7) is 5.70. The van der Waals surface area contributed by atoms with Crippen molar-refractivity contribution in [3.8, 4) is 12.1 Å². The monoisotopic (exact) mass is 538 g/mol. The molecule has 1 unspecified atom stereocenters. The molecule has 1 aliphatic heterocycles. The summed E-state index contributed by atoms with van der Waals surface area (Å²) >= 11 is 0. The molecule has 0 bridgehead atoms. The molecule has 0 radical (unpaired) electrons. The van der Waals surface area contributed by atoms with Crippen LogP contribution in [-0.2, 0) is 7.05 Å². The maximum Gasteiger partial charge on any atom is 0.270 e. The fourth-order valence-electron chi connectivity index (χ4n) is 5.67. The van der Waals surface area contributed by atoms with Gasteiger partial charge in [0.15, 0.2) is 0 Å². The van der Waals surface area contributed by atoms with Crippen LogP contribution >= 0.6 is 0 Å². The largest absolute Gasteiger partial charge is 0.366 e. The third-order valence-electron chi connectivity index (χ3n) is 7.69. The van der Waals surface area contributed by atoms with Gasteiger partial charge in [-0.2, -0.15) is 10.5 Å². The van der Waals surface area contributed by atoms with Crippen LogP contribution in [0.1, 0.15) is 42.3 Å². The standard InChI is InChI=1S/C31H28F2N6O/c1-19(2)27-18-38(30-25(17-35)31(40)37(3)26-13-12-24(16-34)36-28(26)30)14-15-39(27)29(20-4-8-22(32)9-5-20)21-6-10-23(33)11-7-21/h4-13,19,27,29H,14-15,18H2,1-3H3. The van der Waals surface area contributed by atoms with Crippen molar-refractivity contribution in [2.45, 2.75) is 25.9 Å². The van der Waals surface area contributed by atoms with Crippen molar-refractivity contribution in [1.82, 2.24) is 14.5 Å². The summed E-state index contributed by atoms with van der Waals surface area (Å²) in [6.07, 6.45) is 0. The van der Waals surface area contributed by atoms with E-state index in [4.69, 9.17) is 0 Å². The predicted octanol–water partition coefficient (Wildman–Crippen LogP) is 4.89. The van der Waals surface area contributed by atoms with Crippen molar-refractivity contribution >= 4 is 16.7 Å². The number of fused-ring (bicyclic) bond motifs is 1. The number of hydrogen-bond acceptors (Lipinski definition) is 6. The average molecular weight is 539 g/mol. The molecule has 4 aromatic rings. The van der Waals surface area contributed by atoms with Gasteiger partial charge in [0, 0.05) is 32.7 Å². The van der Waals surface area contributed by atoms with Gasteiger partial charge in [-0.15, -0.1) is 0 Å². The van der Waals surface area contributed by atoms with Crippen LogP contribution in [0.5, 0.6) is 0 Å². The summed E-state index contributed by atoms with van der Waals surface area (Å²) in [5.41, 5.74) is 2.93. The van der Waals surface area contributed by atoms with Gasteiger partial charge in [-0.1, -0.05) is 38.1 Å². The summed E-state index contributed by atoms with van der Waals surface area (Å²) in [7, 11) is 1.59. The van der Waals surface area contributed by atoms with E-state index in [1.165, 1.54) is 28.8 Å². The van der Waals surface area contributed by atoms with E-state index in [1.54, 1.807) is 43.4 Å². The number of aromatic nitrogens is 2. The van der Waals surface area contributed by atoms with Crippen molar-refractivity contribution in [1.29, 1.82) is 10.5 Å². The third-order valence-corrected chi connectivity index (χ3v) is 7.69. The number of nitrogens with zero attached hydrogens (tertiary/aromatic N) is 6. The quantitative estimate of drug-likeness (QED) is 0.360. The predicted molar refractivity (Wildman–Crippen MR) is 149 cm³/mol. The number of rotatable bonds is 5. The molecule has 7 nitrogen and oxygen atoms in total. The summed E-state index contributed by atoms with van der Waals surface area (Å²) in [6, 6.07) is 19.8. The zero-order valence-electron chi connectivity index (χ0n) is 22.5. The van der Waals surface area contributed by atoms with Gasteiger partial charge in [-0.05, 0) is 53.4 Å². The zero-order valence-corrected chi connectivity index (χ0v) is 22.5. The van der Waals surface area contributed by atoms with E-state index >= 15 is 0 Å². The Morgan fingerprint density at radius 2 is 1.50 bits per heavy atom. The van der Waals surface area contributed by atoms with Crippen molar-refractivity contribution in [3.63, 3.8) is 0 Å². The molecule has 202 valence electrons. The molecular formula is C31H28F2N6O. The summed E-state index contributed by atoms with van der Waals surface area (Å²) in [4.78, 5) is 22.1. The molecule has 0 N–H and O–H groups in total. The Morgan fingerprint density at radius 3 is 2.02 bits per heavy atom. The first-order valence-electron chi connectivity index (χ1n) is 13.1. The van der Waals surface area contributed by atoms with Gasteiger partial charge in [0.2, 0.25) is 0 Å². The van der Waals surface area contributed by atoms with Gasteiger partial charge in [0.25, 0.3) is 5.56 Å². The number of aryl methyl sites for hydroxylation is 1. The first kappa shape index (κ1) is 27.0. The molecule has 2 aromatic heterocycles. The highest BCUT2D eigenvalue weighted by molar-refractivity contribution is 5.92. The molecule has 1 atom stereocenters. The Kier molecular flexibility index (Phi) is 7.34. The van der Waals surface area contributed by atoms with Crippen LogP contribution in [0.15, 0.2) is 65.5 Å². The lowest BCUT2D eigenvalue weighted by Crippen LogP contribution is -2.56. The number of piperazine rings is 1. The second-order valence-corrected chi connectivity index (χ2v) is 10.4. The van der Waals surface area contributed by atoms with Crippen LogP contribution in [0.2, 0.25) is 0 Å². The van der Waals surface area contributed by atoms with Gasteiger partial charge in [-0.25, -0.2) is 13.8 Å². The fraction of sp³-hybridized carbons (Fsp3) is 0.290. The zero-order chi connectivity index (χ0) is 28.6. The minimum atomic E-state index is -0.421. The SMILES string of the molecule is CC(C)C1CN(c2c(C#N)c(=O)n(C)c3ccc(C#N)nc23)CCN1C(c1ccc(F)cc1)c1ccc(F)cc1. The number of benzene rings is 2. The van der Waals surface area contributed by atoms with E-state index in [9.17, 15) is 24.1 Å². The Labute approximate surface area is 231 Å². The van der Waals surface area contributed by atoms with Crippen LogP contribution in [0.25, 0.3) is 11.0 Å². The molecule has 2 aromatic carbocycles. The molecule has 1 fully saturated rings. The number of anilines is 1. The fourth-order valence-corrected chi connectivity index (χ4v) is 5.67. The van der Waals surface area contributed by atoms with Gasteiger partial charge in [0.05, 0.1) is 17.2 Å². The van der Waals surface area contributed by atoms with Gasteiger partial charge >= 0.3 is 0 Å². The van der Waals surface area contributed by atoms with Crippen LogP contribution in [0, 0.1) is 40.2 Å². The lowest BCUT2D eigenvalue weighted by Gasteiger charge is -2.48. The highest BCUT2D eigenvalue weighted by atomic mass is 19.1. The van der Waals surface area contributed by atoms with E-state index in [2.05, 4.69) is 35.9 Å². The number of halogens is 2. The van der Waals surface area contributed by atoms with Crippen LogP contribution < -0.4 is 10.5 Å². The van der Waals surface area contributed by atoms with Crippen molar-refractivity contribution in [2.24, 2.45) is 13.0 Å². The molecule has 3 heterocycles. The Balaban J connectivity index is 1.62. The van der Waals surface area contributed by atoms with Gasteiger partial charge in [-0.3, -0.25) is 9.69 Å². The molecule has 0 spiro atoms. The van der Waals surface area contributed by atoms with E-state index in [0.29, 0.717) is 36.4 Å². The molecule has 9 heteroatoms. The maximum absolute atomic E-state index is 13.9. The third kappa shape index (κ3) is 4.81. The minimum Gasteiger partial charge on any atom is -0.366 e. The van der Waals surface area contributed by atoms with E-state index in [0.717, 1.165) is 11.1 Å². The number of hydrogen-bond donors (Lipinski definition) is 0. The highest BCUT2D eigenvalue weighted by Crippen LogP contribution is 2.37. The number of pyridine rings is 2. The summed E-state index contributed by atoms with van der Waals surface area (Å²) in [5.74, 6) is -0.521. The van der Waals surface area contributed by atoms with Crippen LogP contribution in [0.3, 0.4) is 0 Å². The van der Waals surface area contributed by atoms with Gasteiger partial charge < -0.3 is 9.47 Å². The average Bonchev–Trinajstić information content (AvgIpc) is 2.96. The molecule has 40 heavy (non-hydrogen) atoms. The first-order valence-corrected chi connectivity index (χ1v) is 13.1. The van der Waals surface area contributed by atoms with E-state index < -0.39 is 5.56 Å². The lowest BCUT2D eigenvalue weighted by molar-refractivity contribution is 0.105. The smallest absolute Gasteiger partial charge is 0.270 e.